The predicted molar refractivity (Wildman–Crippen MR) is 110 cm³/mol. The van der Waals surface area contributed by atoms with Crippen LogP contribution in [0.4, 0.5) is 11.6 Å². The largest absolute Gasteiger partial charge is 0.345 e. The van der Waals surface area contributed by atoms with Gasteiger partial charge in [0.25, 0.3) is 0 Å². The number of carbonyl (C=O) groups excluding carboxylic acids is 1. The van der Waals surface area contributed by atoms with E-state index in [1.165, 1.54) is 0 Å². The lowest BCUT2D eigenvalue weighted by molar-refractivity contribution is -0.127. The van der Waals surface area contributed by atoms with Crippen LogP contribution in [0.1, 0.15) is 24.2 Å². The van der Waals surface area contributed by atoms with Crippen LogP contribution in [-0.2, 0) is 11.2 Å². The highest BCUT2D eigenvalue weighted by Crippen LogP contribution is 2.21. The quantitative estimate of drug-likeness (QED) is 0.629. The summed E-state index contributed by atoms with van der Waals surface area (Å²) in [6, 6.07) is 5.66. The number of likely N-dealkylation sites (tertiary alicyclic amines) is 1. The highest BCUT2D eigenvalue weighted by molar-refractivity contribution is 5.91. The molecule has 0 aliphatic carbocycles. The molecule has 0 radical (unpaired) electrons. The molecule has 8 heteroatoms. The van der Waals surface area contributed by atoms with Crippen molar-refractivity contribution in [2.24, 2.45) is 5.92 Å². The second kappa shape index (κ2) is 9.09. The van der Waals surface area contributed by atoms with Crippen LogP contribution in [0.5, 0.6) is 0 Å². The summed E-state index contributed by atoms with van der Waals surface area (Å²) in [4.78, 5) is 34.5. The van der Waals surface area contributed by atoms with E-state index in [1.54, 1.807) is 43.3 Å². The predicted octanol–water partition coefficient (Wildman–Crippen LogP) is 2.83. The fourth-order valence-corrected chi connectivity index (χ4v) is 3.44. The van der Waals surface area contributed by atoms with Crippen molar-refractivity contribution in [3.8, 4) is 0 Å². The lowest BCUT2D eigenvalue weighted by Gasteiger charge is -2.32. The van der Waals surface area contributed by atoms with Gasteiger partial charge in [-0.2, -0.15) is 0 Å². The minimum absolute atomic E-state index is 0.0327. The molecule has 8 nitrogen and oxygen atoms in total. The van der Waals surface area contributed by atoms with Gasteiger partial charge < -0.3 is 15.2 Å². The van der Waals surface area contributed by atoms with Crippen molar-refractivity contribution in [3.63, 3.8) is 0 Å². The normalized spacial score (nSPS) is 16.8. The number of amides is 1. The fourth-order valence-electron chi connectivity index (χ4n) is 3.44. The van der Waals surface area contributed by atoms with Gasteiger partial charge in [0, 0.05) is 25.4 Å². The number of rotatable bonds is 6. The smallest absolute Gasteiger partial charge is 0.246 e. The minimum atomic E-state index is 0.0327. The zero-order chi connectivity index (χ0) is 19.9. The van der Waals surface area contributed by atoms with Crippen molar-refractivity contribution in [2.45, 2.75) is 19.3 Å². The molecule has 29 heavy (non-hydrogen) atoms. The van der Waals surface area contributed by atoms with Crippen LogP contribution >= 0.6 is 0 Å². The van der Waals surface area contributed by atoms with Gasteiger partial charge in [-0.15, -0.1) is 0 Å². The number of pyridine rings is 1. The Kier molecular flexibility index (Phi) is 5.89. The number of nitrogens with zero attached hydrogens (tertiary/aromatic N) is 5. The van der Waals surface area contributed by atoms with Crippen molar-refractivity contribution in [1.29, 1.82) is 0 Å². The molecule has 0 saturated carbocycles. The third-order valence-corrected chi connectivity index (χ3v) is 4.88. The van der Waals surface area contributed by atoms with E-state index in [1.807, 2.05) is 23.1 Å². The van der Waals surface area contributed by atoms with Crippen molar-refractivity contribution < 1.29 is 4.79 Å². The van der Waals surface area contributed by atoms with Crippen LogP contribution in [0.2, 0.25) is 0 Å². The Hall–Kier alpha value is -3.55. The summed E-state index contributed by atoms with van der Waals surface area (Å²) >= 11 is 0. The third kappa shape index (κ3) is 5.25. The summed E-state index contributed by atoms with van der Waals surface area (Å²) < 4.78 is 0. The highest BCUT2D eigenvalue weighted by Gasteiger charge is 2.23. The summed E-state index contributed by atoms with van der Waals surface area (Å²) in [5.74, 6) is 1.82. The van der Waals surface area contributed by atoms with Gasteiger partial charge in [0.2, 0.25) is 5.91 Å². The number of anilines is 2. The molecule has 1 aliphatic heterocycles. The van der Waals surface area contributed by atoms with E-state index in [2.05, 4.69) is 30.2 Å². The number of aromatic amines is 1. The molecule has 4 heterocycles. The molecule has 4 rings (SSSR count). The van der Waals surface area contributed by atoms with Gasteiger partial charge in [0.1, 0.15) is 11.6 Å². The Morgan fingerprint density at radius 3 is 2.93 bits per heavy atom. The first-order valence-corrected chi connectivity index (χ1v) is 9.70. The lowest BCUT2D eigenvalue weighted by atomic mass is 9.93. The molecular formula is C21H23N7O. The van der Waals surface area contributed by atoms with E-state index < -0.39 is 0 Å². The average Bonchev–Trinajstić information content (AvgIpc) is 3.28. The molecule has 1 saturated heterocycles. The Morgan fingerprint density at radius 1 is 1.21 bits per heavy atom. The SMILES string of the molecule is O=C(/C=C/c1cnc[nH]1)N1CCC[C@H](Cc2cnc(Nc3ccccn3)cn2)C1. The summed E-state index contributed by atoms with van der Waals surface area (Å²) in [5.41, 5.74) is 1.76. The first-order valence-electron chi connectivity index (χ1n) is 9.70. The van der Waals surface area contributed by atoms with Crippen LogP contribution in [0.3, 0.4) is 0 Å². The van der Waals surface area contributed by atoms with E-state index >= 15 is 0 Å². The molecule has 1 atom stereocenters. The summed E-state index contributed by atoms with van der Waals surface area (Å²) in [7, 11) is 0. The summed E-state index contributed by atoms with van der Waals surface area (Å²) in [6.07, 6.45) is 14.8. The van der Waals surface area contributed by atoms with Gasteiger partial charge in [-0.3, -0.25) is 9.78 Å². The molecule has 0 spiro atoms. The van der Waals surface area contributed by atoms with E-state index in [0.717, 1.165) is 49.6 Å². The molecule has 0 aromatic carbocycles. The van der Waals surface area contributed by atoms with Crippen LogP contribution in [-0.4, -0.2) is 48.8 Å². The monoisotopic (exact) mass is 389 g/mol. The first kappa shape index (κ1) is 18.8. The topological polar surface area (TPSA) is 99.7 Å². The average molecular weight is 389 g/mol. The number of hydrogen-bond acceptors (Lipinski definition) is 6. The molecular weight excluding hydrogens is 366 g/mol. The number of carbonyl (C=O) groups is 1. The Bertz CT molecular complexity index is 939. The maximum Gasteiger partial charge on any atom is 0.246 e. The second-order valence-corrected chi connectivity index (χ2v) is 7.07. The van der Waals surface area contributed by atoms with Gasteiger partial charge in [-0.05, 0) is 43.4 Å². The van der Waals surface area contributed by atoms with Crippen LogP contribution in [0.15, 0.2) is 55.4 Å². The van der Waals surface area contributed by atoms with Crippen molar-refractivity contribution in [2.75, 3.05) is 18.4 Å². The number of imidazole rings is 1. The maximum atomic E-state index is 12.5. The molecule has 3 aromatic heterocycles. The van der Waals surface area contributed by atoms with Crippen LogP contribution in [0, 0.1) is 5.92 Å². The molecule has 148 valence electrons. The zero-order valence-corrected chi connectivity index (χ0v) is 16.0. The number of piperidine rings is 1. The van der Waals surface area contributed by atoms with E-state index in [-0.39, 0.29) is 5.91 Å². The van der Waals surface area contributed by atoms with E-state index in [4.69, 9.17) is 0 Å². The summed E-state index contributed by atoms with van der Waals surface area (Å²) in [5, 5.41) is 3.13. The Morgan fingerprint density at radius 2 is 2.17 bits per heavy atom. The number of H-pyrrole nitrogens is 1. The van der Waals surface area contributed by atoms with Gasteiger partial charge in [-0.25, -0.2) is 15.0 Å². The van der Waals surface area contributed by atoms with Gasteiger partial charge in [0.05, 0.1) is 36.3 Å². The van der Waals surface area contributed by atoms with Crippen molar-refractivity contribution in [3.05, 3.63) is 66.8 Å². The van der Waals surface area contributed by atoms with Crippen molar-refractivity contribution >= 4 is 23.6 Å². The van der Waals surface area contributed by atoms with Gasteiger partial charge >= 0.3 is 0 Å². The standard InChI is InChI=1S/C21H23N7O/c29-21(7-6-17-11-22-15-26-17)28-9-3-4-16(14-28)10-18-12-25-20(13-24-18)27-19-5-1-2-8-23-19/h1-2,5-8,11-13,15-16H,3-4,9-10,14H2,(H,22,26)(H,23,25,27)/b7-6+/t16-/m1/s1. The molecule has 1 fully saturated rings. The second-order valence-electron chi connectivity index (χ2n) is 7.07. The number of nitrogens with one attached hydrogen (secondary N) is 2. The summed E-state index contributed by atoms with van der Waals surface area (Å²) in [6.45, 7) is 1.53. The molecule has 2 N–H and O–H groups in total. The molecule has 0 unspecified atom stereocenters. The molecule has 1 aliphatic rings. The van der Waals surface area contributed by atoms with Gasteiger partial charge in [0.15, 0.2) is 0 Å². The highest BCUT2D eigenvalue weighted by atomic mass is 16.2. The minimum Gasteiger partial charge on any atom is -0.345 e. The number of aromatic nitrogens is 5. The van der Waals surface area contributed by atoms with Crippen LogP contribution in [0.25, 0.3) is 6.08 Å². The lowest BCUT2D eigenvalue weighted by Crippen LogP contribution is -2.39. The molecule has 1 amide bonds. The Balaban J connectivity index is 1.31. The van der Waals surface area contributed by atoms with Gasteiger partial charge in [-0.1, -0.05) is 6.07 Å². The molecule has 3 aromatic rings. The van der Waals surface area contributed by atoms with E-state index in [0.29, 0.717) is 11.7 Å². The van der Waals surface area contributed by atoms with Crippen molar-refractivity contribution in [1.82, 2.24) is 29.8 Å². The Labute approximate surface area is 169 Å². The maximum absolute atomic E-state index is 12.5. The third-order valence-electron chi connectivity index (χ3n) is 4.88. The first-order chi connectivity index (χ1) is 14.3. The number of hydrogen-bond donors (Lipinski definition) is 2. The molecule has 0 bridgehead atoms. The zero-order valence-electron chi connectivity index (χ0n) is 16.0. The fraction of sp³-hybridized carbons (Fsp3) is 0.286. The van der Waals surface area contributed by atoms with E-state index in [9.17, 15) is 4.79 Å². The van der Waals surface area contributed by atoms with Crippen LogP contribution < -0.4 is 5.32 Å².